The topological polar surface area (TPSA) is 70.0 Å². The van der Waals surface area contributed by atoms with Gasteiger partial charge in [-0.05, 0) is 24.1 Å². The zero-order valence-electron chi connectivity index (χ0n) is 7.49. The van der Waals surface area contributed by atoms with E-state index in [4.69, 9.17) is 11.0 Å². The Morgan fingerprint density at radius 2 is 2.31 bits per heavy atom. The molecule has 1 aromatic carbocycles. The summed E-state index contributed by atoms with van der Waals surface area (Å²) in [6.45, 7) is 1.79. The summed E-state index contributed by atoms with van der Waals surface area (Å²) in [5.74, 6) is 0.228. The van der Waals surface area contributed by atoms with Crippen LogP contribution in [0.25, 0.3) is 0 Å². The van der Waals surface area contributed by atoms with Gasteiger partial charge in [0, 0.05) is 6.04 Å². The van der Waals surface area contributed by atoms with Crippen LogP contribution in [0.5, 0.6) is 5.75 Å². The molecule has 3 N–H and O–H groups in total. The molecule has 0 saturated heterocycles. The first-order valence-electron chi connectivity index (χ1n) is 4.08. The van der Waals surface area contributed by atoms with Crippen molar-refractivity contribution in [3.63, 3.8) is 0 Å². The van der Waals surface area contributed by atoms with Gasteiger partial charge in [-0.2, -0.15) is 5.26 Å². The molecule has 0 bridgehead atoms. The Bertz CT molecular complexity index is 341. The van der Waals surface area contributed by atoms with E-state index in [0.29, 0.717) is 0 Å². The number of aromatic hydroxyl groups is 1. The summed E-state index contributed by atoms with van der Waals surface area (Å²) >= 11 is 0. The van der Waals surface area contributed by atoms with Crippen LogP contribution in [0.15, 0.2) is 18.2 Å². The number of nitriles is 1. The molecule has 0 saturated carbocycles. The molecule has 3 heteroatoms. The number of phenolic OH excluding ortho intramolecular Hbond substituents is 1. The first-order chi connectivity index (χ1) is 6.16. The predicted molar refractivity (Wildman–Crippen MR) is 50.0 cm³/mol. The molecule has 0 aliphatic heterocycles. The largest absolute Gasteiger partial charge is 0.508 e. The molecule has 0 heterocycles. The second-order valence-corrected chi connectivity index (χ2v) is 2.96. The van der Waals surface area contributed by atoms with E-state index in [1.165, 1.54) is 0 Å². The van der Waals surface area contributed by atoms with Crippen molar-refractivity contribution in [2.24, 2.45) is 5.73 Å². The minimum atomic E-state index is -0.308. The molecular weight excluding hydrogens is 164 g/mol. The summed E-state index contributed by atoms with van der Waals surface area (Å²) in [5, 5.41) is 17.8. The van der Waals surface area contributed by atoms with E-state index in [2.05, 4.69) is 0 Å². The second kappa shape index (κ2) is 3.92. The third-order valence-corrected chi connectivity index (χ3v) is 2.06. The fraction of sp³-hybridized carbons (Fsp3) is 0.300. The zero-order valence-corrected chi connectivity index (χ0v) is 7.49. The van der Waals surface area contributed by atoms with Gasteiger partial charge >= 0.3 is 0 Å². The van der Waals surface area contributed by atoms with Gasteiger partial charge in [0.2, 0.25) is 0 Å². The van der Waals surface area contributed by atoms with Crippen LogP contribution in [0, 0.1) is 18.3 Å². The average Bonchev–Trinajstić information content (AvgIpc) is 2.10. The van der Waals surface area contributed by atoms with Crippen LogP contribution in [0.1, 0.15) is 23.6 Å². The van der Waals surface area contributed by atoms with Crippen molar-refractivity contribution < 1.29 is 5.11 Å². The number of nitrogens with zero attached hydrogens (tertiary/aromatic N) is 1. The molecule has 0 aliphatic rings. The van der Waals surface area contributed by atoms with Crippen LogP contribution in [0.4, 0.5) is 0 Å². The summed E-state index contributed by atoms with van der Waals surface area (Å²) in [5.41, 5.74) is 7.33. The van der Waals surface area contributed by atoms with E-state index in [0.717, 1.165) is 11.1 Å². The highest BCUT2D eigenvalue weighted by atomic mass is 16.3. The van der Waals surface area contributed by atoms with Gasteiger partial charge in [-0.15, -0.1) is 0 Å². The minimum absolute atomic E-state index is 0.228. The van der Waals surface area contributed by atoms with Gasteiger partial charge in [0.25, 0.3) is 0 Å². The third kappa shape index (κ3) is 1.98. The molecule has 0 aliphatic carbocycles. The number of rotatable bonds is 2. The van der Waals surface area contributed by atoms with Crippen LogP contribution in [-0.2, 0) is 0 Å². The molecule has 3 nitrogen and oxygen atoms in total. The standard InChI is InChI=1S/C10H12N2O/c1-7-8(9(12)5-6-11)3-2-4-10(7)13/h2-4,9,13H,5,12H2,1H3/t9-/m0/s1. The molecule has 0 fully saturated rings. The normalized spacial score (nSPS) is 12.1. The van der Waals surface area contributed by atoms with Crippen LogP contribution in [-0.4, -0.2) is 5.11 Å². The van der Waals surface area contributed by atoms with Gasteiger partial charge in [-0.3, -0.25) is 0 Å². The molecule has 0 amide bonds. The van der Waals surface area contributed by atoms with E-state index in [1.54, 1.807) is 19.1 Å². The monoisotopic (exact) mass is 176 g/mol. The molecule has 68 valence electrons. The predicted octanol–water partition coefficient (Wildman–Crippen LogP) is 1.61. The van der Waals surface area contributed by atoms with E-state index < -0.39 is 0 Å². The summed E-state index contributed by atoms with van der Waals surface area (Å²) in [6.07, 6.45) is 0.268. The second-order valence-electron chi connectivity index (χ2n) is 2.96. The highest BCUT2D eigenvalue weighted by Gasteiger charge is 2.09. The van der Waals surface area contributed by atoms with Gasteiger partial charge in [0.05, 0.1) is 12.5 Å². The highest BCUT2D eigenvalue weighted by Crippen LogP contribution is 2.24. The smallest absolute Gasteiger partial charge is 0.118 e. The Kier molecular flexibility index (Phi) is 2.88. The van der Waals surface area contributed by atoms with Crippen LogP contribution >= 0.6 is 0 Å². The van der Waals surface area contributed by atoms with Crippen molar-refractivity contribution in [3.05, 3.63) is 29.3 Å². The van der Waals surface area contributed by atoms with Crippen molar-refractivity contribution in [1.82, 2.24) is 0 Å². The van der Waals surface area contributed by atoms with Gasteiger partial charge in [0.15, 0.2) is 0 Å². The Morgan fingerprint density at radius 1 is 1.62 bits per heavy atom. The lowest BCUT2D eigenvalue weighted by molar-refractivity contribution is 0.469. The quantitative estimate of drug-likeness (QED) is 0.719. The molecule has 1 aromatic rings. The Labute approximate surface area is 77.4 Å². The van der Waals surface area contributed by atoms with Crippen molar-refractivity contribution in [3.8, 4) is 11.8 Å². The Balaban J connectivity index is 3.02. The van der Waals surface area contributed by atoms with E-state index in [9.17, 15) is 5.11 Å². The lowest BCUT2D eigenvalue weighted by Crippen LogP contribution is -2.10. The summed E-state index contributed by atoms with van der Waals surface area (Å²) in [4.78, 5) is 0. The van der Waals surface area contributed by atoms with Crippen LogP contribution in [0.2, 0.25) is 0 Å². The average molecular weight is 176 g/mol. The molecular formula is C10H12N2O. The fourth-order valence-electron chi connectivity index (χ4n) is 1.25. The Hall–Kier alpha value is -1.53. The maximum absolute atomic E-state index is 9.38. The number of phenols is 1. The van der Waals surface area contributed by atoms with E-state index >= 15 is 0 Å². The first kappa shape index (κ1) is 9.56. The zero-order chi connectivity index (χ0) is 9.84. The molecule has 13 heavy (non-hydrogen) atoms. The van der Waals surface area contributed by atoms with Crippen LogP contribution < -0.4 is 5.73 Å². The van der Waals surface area contributed by atoms with Gasteiger partial charge < -0.3 is 10.8 Å². The summed E-state index contributed by atoms with van der Waals surface area (Å²) in [6, 6.07) is 6.87. The van der Waals surface area contributed by atoms with Gasteiger partial charge in [-0.25, -0.2) is 0 Å². The molecule has 1 rings (SSSR count). The Morgan fingerprint density at radius 3 is 2.92 bits per heavy atom. The lowest BCUT2D eigenvalue weighted by Gasteiger charge is -2.11. The molecule has 0 aromatic heterocycles. The van der Waals surface area contributed by atoms with E-state index in [1.807, 2.05) is 12.1 Å². The third-order valence-electron chi connectivity index (χ3n) is 2.06. The highest BCUT2D eigenvalue weighted by molar-refractivity contribution is 5.39. The minimum Gasteiger partial charge on any atom is -0.508 e. The molecule has 1 atom stereocenters. The summed E-state index contributed by atoms with van der Waals surface area (Å²) < 4.78 is 0. The van der Waals surface area contributed by atoms with Crippen molar-refractivity contribution >= 4 is 0 Å². The van der Waals surface area contributed by atoms with E-state index in [-0.39, 0.29) is 18.2 Å². The van der Waals surface area contributed by atoms with Crippen LogP contribution in [0.3, 0.4) is 0 Å². The number of hydrogen-bond donors (Lipinski definition) is 2. The SMILES string of the molecule is Cc1c(O)cccc1[C@@H](N)CC#N. The maximum Gasteiger partial charge on any atom is 0.118 e. The lowest BCUT2D eigenvalue weighted by atomic mass is 9.99. The summed E-state index contributed by atoms with van der Waals surface area (Å²) in [7, 11) is 0. The first-order valence-corrected chi connectivity index (χ1v) is 4.08. The molecule has 0 radical (unpaired) electrons. The van der Waals surface area contributed by atoms with Crippen molar-refractivity contribution in [2.75, 3.05) is 0 Å². The maximum atomic E-state index is 9.38. The van der Waals surface area contributed by atoms with Gasteiger partial charge in [0.1, 0.15) is 5.75 Å². The fourth-order valence-corrected chi connectivity index (χ4v) is 1.25. The number of hydrogen-bond acceptors (Lipinski definition) is 3. The van der Waals surface area contributed by atoms with Crippen molar-refractivity contribution in [2.45, 2.75) is 19.4 Å². The molecule has 0 unspecified atom stereocenters. The molecule has 0 spiro atoms. The number of benzene rings is 1. The van der Waals surface area contributed by atoms with Crippen molar-refractivity contribution in [1.29, 1.82) is 5.26 Å². The van der Waals surface area contributed by atoms with Gasteiger partial charge in [-0.1, -0.05) is 12.1 Å². The number of nitrogens with two attached hydrogens (primary N) is 1.